The average molecular weight is 426 g/mol. The number of aryl methyl sites for hydroxylation is 1. The first-order valence-corrected chi connectivity index (χ1v) is 11.0. The number of nitrogens with zero attached hydrogens (tertiary/aromatic N) is 3. The number of amides is 1. The molecule has 2 heterocycles. The number of methoxy groups -OCH3 is 1. The lowest BCUT2D eigenvalue weighted by atomic mass is 10.1. The van der Waals surface area contributed by atoms with Gasteiger partial charge in [-0.25, -0.2) is 4.98 Å². The fraction of sp³-hybridized carbons (Fsp3) is 0.259. The predicted octanol–water partition coefficient (Wildman–Crippen LogP) is 4.92. The number of benzene rings is 3. The molecule has 4 aromatic rings. The minimum atomic E-state index is 0.0807. The lowest BCUT2D eigenvalue weighted by Crippen LogP contribution is -2.24. The molecule has 5 heteroatoms. The maximum atomic E-state index is 12.9. The highest BCUT2D eigenvalue weighted by Crippen LogP contribution is 2.32. The Morgan fingerprint density at radius 1 is 0.969 bits per heavy atom. The van der Waals surface area contributed by atoms with E-state index < -0.39 is 0 Å². The van der Waals surface area contributed by atoms with Crippen molar-refractivity contribution in [3.8, 4) is 5.75 Å². The number of rotatable bonds is 6. The number of imidazole rings is 1. The van der Waals surface area contributed by atoms with Gasteiger partial charge in [0, 0.05) is 32.0 Å². The number of ether oxygens (including phenoxy) is 1. The van der Waals surface area contributed by atoms with Crippen molar-refractivity contribution in [3.63, 3.8) is 0 Å². The minimum absolute atomic E-state index is 0.0807. The molecule has 0 radical (unpaired) electrons. The van der Waals surface area contributed by atoms with Crippen LogP contribution < -0.4 is 4.74 Å². The van der Waals surface area contributed by atoms with E-state index in [2.05, 4.69) is 54.0 Å². The molecule has 0 N–H and O–H groups in total. The maximum absolute atomic E-state index is 12.9. The predicted molar refractivity (Wildman–Crippen MR) is 126 cm³/mol. The van der Waals surface area contributed by atoms with Gasteiger partial charge < -0.3 is 14.2 Å². The Balaban J connectivity index is 1.44. The van der Waals surface area contributed by atoms with Crippen LogP contribution in [0.3, 0.4) is 0 Å². The first kappa shape index (κ1) is 20.3. The normalized spacial score (nSPS) is 16.1. The van der Waals surface area contributed by atoms with E-state index in [1.807, 2.05) is 35.2 Å². The number of likely N-dealkylation sites (tertiary alicyclic amines) is 1. The molecule has 1 unspecified atom stereocenters. The smallest absolute Gasteiger partial charge is 0.223 e. The molecule has 0 saturated carbocycles. The number of aromatic nitrogens is 2. The van der Waals surface area contributed by atoms with Crippen LogP contribution in [0.4, 0.5) is 0 Å². The van der Waals surface area contributed by atoms with Crippen LogP contribution in [-0.4, -0.2) is 34.0 Å². The van der Waals surface area contributed by atoms with E-state index in [0.29, 0.717) is 19.5 Å². The fourth-order valence-corrected chi connectivity index (χ4v) is 4.58. The van der Waals surface area contributed by atoms with Crippen LogP contribution in [-0.2, 0) is 17.9 Å². The summed E-state index contributed by atoms with van der Waals surface area (Å²) in [4.78, 5) is 19.8. The van der Waals surface area contributed by atoms with Crippen molar-refractivity contribution in [2.45, 2.75) is 32.4 Å². The van der Waals surface area contributed by atoms with Crippen molar-refractivity contribution in [2.75, 3.05) is 13.7 Å². The van der Waals surface area contributed by atoms with Crippen molar-refractivity contribution < 1.29 is 9.53 Å². The minimum Gasteiger partial charge on any atom is -0.497 e. The van der Waals surface area contributed by atoms with Gasteiger partial charge in [-0.2, -0.15) is 0 Å². The Morgan fingerprint density at radius 2 is 1.72 bits per heavy atom. The van der Waals surface area contributed by atoms with Crippen molar-refractivity contribution in [1.29, 1.82) is 0 Å². The maximum Gasteiger partial charge on any atom is 0.223 e. The molecule has 1 atom stereocenters. The Bertz CT molecular complexity index is 1260. The van der Waals surface area contributed by atoms with Gasteiger partial charge in [0.05, 0.1) is 18.1 Å². The van der Waals surface area contributed by atoms with Crippen LogP contribution in [0.1, 0.15) is 34.9 Å². The molecule has 1 amide bonds. The van der Waals surface area contributed by atoms with Crippen LogP contribution in [0.5, 0.6) is 5.75 Å². The summed E-state index contributed by atoms with van der Waals surface area (Å²) in [7, 11) is 1.66. The Hall–Kier alpha value is -3.60. The highest BCUT2D eigenvalue weighted by Gasteiger charge is 2.34. The molecular formula is C27H27N3O2. The van der Waals surface area contributed by atoms with E-state index in [1.165, 1.54) is 11.1 Å². The summed E-state index contributed by atoms with van der Waals surface area (Å²) in [6, 6.07) is 24.6. The summed E-state index contributed by atoms with van der Waals surface area (Å²) in [5.41, 5.74) is 5.74. The van der Waals surface area contributed by atoms with Gasteiger partial charge in [-0.3, -0.25) is 4.79 Å². The van der Waals surface area contributed by atoms with E-state index in [1.54, 1.807) is 7.11 Å². The summed E-state index contributed by atoms with van der Waals surface area (Å²) in [5, 5.41) is 0. The van der Waals surface area contributed by atoms with Gasteiger partial charge in [0.1, 0.15) is 11.6 Å². The third-order valence-corrected chi connectivity index (χ3v) is 6.39. The molecule has 5 rings (SSSR count). The molecule has 1 aliphatic heterocycles. The molecule has 0 bridgehead atoms. The van der Waals surface area contributed by atoms with Gasteiger partial charge in [-0.15, -0.1) is 0 Å². The molecule has 1 saturated heterocycles. The number of para-hydroxylation sites is 2. The van der Waals surface area contributed by atoms with Gasteiger partial charge in [-0.1, -0.05) is 48.5 Å². The van der Waals surface area contributed by atoms with Gasteiger partial charge >= 0.3 is 0 Å². The number of hydrogen-bond acceptors (Lipinski definition) is 3. The van der Waals surface area contributed by atoms with E-state index in [-0.39, 0.29) is 11.8 Å². The molecule has 162 valence electrons. The highest BCUT2D eigenvalue weighted by molar-refractivity contribution is 5.81. The quantitative estimate of drug-likeness (QED) is 0.441. The van der Waals surface area contributed by atoms with Crippen LogP contribution in [0.15, 0.2) is 72.8 Å². The van der Waals surface area contributed by atoms with E-state index >= 15 is 0 Å². The van der Waals surface area contributed by atoms with Crippen molar-refractivity contribution in [1.82, 2.24) is 14.5 Å². The zero-order valence-corrected chi connectivity index (χ0v) is 18.5. The zero-order valence-electron chi connectivity index (χ0n) is 18.5. The third-order valence-electron chi connectivity index (χ3n) is 6.39. The number of hydrogen-bond donors (Lipinski definition) is 0. The lowest BCUT2D eigenvalue weighted by molar-refractivity contribution is -0.128. The standard InChI is InChI=1S/C27H27N3O2/c1-19-7-3-4-8-21(19)18-30-25-10-6-5-9-24(25)28-27(30)22-15-26(31)29(17-22)16-20-11-13-23(32-2)14-12-20/h3-14,22H,15-18H2,1-2H3. The van der Waals surface area contributed by atoms with Crippen LogP contribution >= 0.6 is 0 Å². The molecule has 0 spiro atoms. The lowest BCUT2D eigenvalue weighted by Gasteiger charge is -2.18. The van der Waals surface area contributed by atoms with E-state index in [9.17, 15) is 4.79 Å². The average Bonchev–Trinajstić information content (AvgIpc) is 3.36. The third kappa shape index (κ3) is 3.86. The molecule has 3 aromatic carbocycles. The highest BCUT2D eigenvalue weighted by atomic mass is 16.5. The summed E-state index contributed by atoms with van der Waals surface area (Å²) in [6.07, 6.45) is 0.493. The monoisotopic (exact) mass is 425 g/mol. The number of carbonyl (C=O) groups is 1. The van der Waals surface area contributed by atoms with Crippen molar-refractivity contribution in [3.05, 3.63) is 95.3 Å². The number of fused-ring (bicyclic) bond motifs is 1. The molecule has 32 heavy (non-hydrogen) atoms. The van der Waals surface area contributed by atoms with Crippen LogP contribution in [0, 0.1) is 6.92 Å². The van der Waals surface area contributed by atoms with E-state index in [4.69, 9.17) is 9.72 Å². The molecule has 1 aliphatic rings. The second-order valence-corrected chi connectivity index (χ2v) is 8.49. The summed E-state index contributed by atoms with van der Waals surface area (Å²) in [5.74, 6) is 2.09. The molecule has 1 fully saturated rings. The molecule has 5 nitrogen and oxygen atoms in total. The first-order valence-electron chi connectivity index (χ1n) is 11.0. The van der Waals surface area contributed by atoms with Crippen LogP contribution in [0.25, 0.3) is 11.0 Å². The van der Waals surface area contributed by atoms with Gasteiger partial charge in [-0.05, 0) is 47.9 Å². The number of carbonyl (C=O) groups excluding carboxylic acids is 1. The first-order chi connectivity index (χ1) is 15.6. The fourth-order valence-electron chi connectivity index (χ4n) is 4.58. The van der Waals surface area contributed by atoms with E-state index in [0.717, 1.165) is 34.7 Å². The Labute approximate surface area is 188 Å². The second kappa shape index (κ2) is 8.50. The summed E-state index contributed by atoms with van der Waals surface area (Å²) < 4.78 is 7.54. The summed E-state index contributed by atoms with van der Waals surface area (Å²) >= 11 is 0. The van der Waals surface area contributed by atoms with Crippen molar-refractivity contribution >= 4 is 16.9 Å². The van der Waals surface area contributed by atoms with Gasteiger partial charge in [0.2, 0.25) is 5.91 Å². The Morgan fingerprint density at radius 3 is 2.50 bits per heavy atom. The van der Waals surface area contributed by atoms with Crippen molar-refractivity contribution in [2.24, 2.45) is 0 Å². The molecule has 0 aliphatic carbocycles. The summed E-state index contributed by atoms with van der Waals surface area (Å²) in [6.45, 7) is 4.19. The Kier molecular flexibility index (Phi) is 5.39. The zero-order chi connectivity index (χ0) is 22.1. The molecule has 1 aromatic heterocycles. The second-order valence-electron chi connectivity index (χ2n) is 8.49. The molecular weight excluding hydrogens is 398 g/mol. The SMILES string of the molecule is COc1ccc(CN2CC(c3nc4ccccc4n3Cc3ccccc3C)CC2=O)cc1. The van der Waals surface area contributed by atoms with Crippen LogP contribution in [0.2, 0.25) is 0 Å². The topological polar surface area (TPSA) is 47.4 Å². The van der Waals surface area contributed by atoms with Gasteiger partial charge in [0.15, 0.2) is 0 Å². The van der Waals surface area contributed by atoms with Gasteiger partial charge in [0.25, 0.3) is 0 Å². The largest absolute Gasteiger partial charge is 0.497 e.